The molecular formula is C10H23BN2O. The van der Waals surface area contributed by atoms with Crippen LogP contribution in [0.1, 0.15) is 41.5 Å². The highest BCUT2D eigenvalue weighted by Crippen LogP contribution is 2.12. The molecule has 0 amide bonds. The molecule has 0 fully saturated rings. The summed E-state index contributed by atoms with van der Waals surface area (Å²) in [7, 11) is -0.495. The molecule has 0 unspecified atom stereocenters. The lowest BCUT2D eigenvalue weighted by atomic mass is 9.68. The topological polar surface area (TPSA) is 35.8 Å². The Morgan fingerprint density at radius 1 is 1.14 bits per heavy atom. The highest BCUT2D eigenvalue weighted by Gasteiger charge is 2.26. The Labute approximate surface area is 88.3 Å². The second-order valence-corrected chi connectivity index (χ2v) is 4.64. The largest absolute Gasteiger partial charge is 0.432 e. The zero-order chi connectivity index (χ0) is 11.3. The Morgan fingerprint density at radius 3 is 1.93 bits per heavy atom. The molecule has 0 saturated heterocycles. The van der Waals surface area contributed by atoms with Crippen molar-refractivity contribution in [1.82, 2.24) is 4.92 Å². The Hall–Kier alpha value is -0.505. The van der Waals surface area contributed by atoms with Crippen molar-refractivity contribution in [3.8, 4) is 0 Å². The van der Waals surface area contributed by atoms with E-state index in [1.165, 1.54) is 0 Å². The van der Waals surface area contributed by atoms with Gasteiger partial charge in [0.25, 0.3) is 0 Å². The minimum Gasteiger partial charge on any atom is -0.431 e. The first-order valence-corrected chi connectivity index (χ1v) is 5.36. The number of rotatable bonds is 5. The van der Waals surface area contributed by atoms with Crippen molar-refractivity contribution in [2.45, 2.75) is 53.4 Å². The van der Waals surface area contributed by atoms with E-state index >= 15 is 0 Å². The van der Waals surface area contributed by atoms with Gasteiger partial charge in [0.1, 0.15) is 0 Å². The predicted octanol–water partition coefficient (Wildman–Crippen LogP) is 2.23. The highest BCUT2D eigenvalue weighted by atomic mass is 16.2. The van der Waals surface area contributed by atoms with E-state index in [-0.39, 0.29) is 11.9 Å². The molecule has 0 aromatic heterocycles. The average Bonchev–Trinajstić information content (AvgIpc) is 2.02. The minimum absolute atomic E-state index is 0.196. The van der Waals surface area contributed by atoms with Crippen LogP contribution >= 0.6 is 0 Å². The Balaban J connectivity index is 4.44. The van der Waals surface area contributed by atoms with Gasteiger partial charge in [0, 0.05) is 12.3 Å². The molecular weight excluding hydrogens is 175 g/mol. The maximum Gasteiger partial charge on any atom is 0.432 e. The van der Waals surface area contributed by atoms with Crippen molar-refractivity contribution in [2.24, 2.45) is 11.0 Å². The molecule has 0 spiro atoms. The lowest BCUT2D eigenvalue weighted by molar-refractivity contribution is 0.314. The summed E-state index contributed by atoms with van der Waals surface area (Å²) < 4.78 is 0. The first-order chi connectivity index (χ1) is 6.36. The Morgan fingerprint density at radius 2 is 1.64 bits per heavy atom. The quantitative estimate of drug-likeness (QED) is 0.417. The molecule has 3 nitrogen and oxygen atoms in total. The van der Waals surface area contributed by atoms with E-state index in [4.69, 9.17) is 0 Å². The normalized spacial score (nSPS) is 12.1. The van der Waals surface area contributed by atoms with Crippen LogP contribution in [0.2, 0.25) is 5.82 Å². The van der Waals surface area contributed by atoms with Gasteiger partial charge < -0.3 is 9.94 Å². The fraction of sp³-hybridized carbons (Fsp3) is 0.900. The van der Waals surface area contributed by atoms with Crippen molar-refractivity contribution < 1.29 is 5.02 Å². The number of hydrazone groups is 1. The molecule has 0 heterocycles. The fourth-order valence-corrected chi connectivity index (χ4v) is 1.02. The van der Waals surface area contributed by atoms with Gasteiger partial charge in [0.2, 0.25) is 0 Å². The average molecular weight is 198 g/mol. The monoisotopic (exact) mass is 198 g/mol. The van der Waals surface area contributed by atoms with Gasteiger partial charge in [-0.1, -0.05) is 27.7 Å². The summed E-state index contributed by atoms with van der Waals surface area (Å²) >= 11 is 0. The van der Waals surface area contributed by atoms with Gasteiger partial charge in [-0.25, -0.2) is 5.10 Å². The first kappa shape index (κ1) is 13.5. The van der Waals surface area contributed by atoms with Crippen molar-refractivity contribution >= 4 is 13.3 Å². The van der Waals surface area contributed by atoms with E-state index in [9.17, 15) is 5.02 Å². The van der Waals surface area contributed by atoms with Gasteiger partial charge in [0.05, 0.1) is 0 Å². The molecule has 4 heteroatoms. The highest BCUT2D eigenvalue weighted by molar-refractivity contribution is 6.48. The van der Waals surface area contributed by atoms with Crippen LogP contribution in [-0.4, -0.2) is 29.3 Å². The molecule has 0 bridgehead atoms. The molecule has 0 aromatic rings. The smallest absolute Gasteiger partial charge is 0.431 e. The molecule has 0 atom stereocenters. The minimum atomic E-state index is -0.495. The Bertz CT molecular complexity index is 181. The molecule has 0 rings (SSSR count). The van der Waals surface area contributed by atoms with Crippen LogP contribution < -0.4 is 0 Å². The number of hydrogen-bond acceptors (Lipinski definition) is 3. The molecule has 0 aromatic carbocycles. The third kappa shape index (κ3) is 4.65. The molecule has 1 N–H and O–H groups in total. The van der Waals surface area contributed by atoms with E-state index < -0.39 is 7.05 Å². The fourth-order valence-electron chi connectivity index (χ4n) is 1.02. The third-order valence-corrected chi connectivity index (χ3v) is 1.89. The first-order valence-electron chi connectivity index (χ1n) is 5.36. The maximum absolute atomic E-state index is 9.88. The van der Waals surface area contributed by atoms with Crippen molar-refractivity contribution in [3.05, 3.63) is 0 Å². The van der Waals surface area contributed by atoms with Gasteiger partial charge in [-0.2, -0.15) is 0 Å². The van der Waals surface area contributed by atoms with E-state index in [0.29, 0.717) is 5.92 Å². The van der Waals surface area contributed by atoms with Gasteiger partial charge >= 0.3 is 7.05 Å². The summed E-state index contributed by atoms with van der Waals surface area (Å²) in [5.41, 5.74) is 0. The molecule has 0 aliphatic carbocycles. The van der Waals surface area contributed by atoms with Crippen LogP contribution in [0.3, 0.4) is 0 Å². The lowest BCUT2D eigenvalue weighted by Crippen LogP contribution is -2.42. The SMILES string of the molecule is CC(C)/C=N\N(B(O)C(C)C)C(C)C. The molecule has 0 aliphatic rings. The van der Waals surface area contributed by atoms with Gasteiger partial charge in [-0.3, -0.25) is 0 Å². The van der Waals surface area contributed by atoms with Crippen LogP contribution in [0.25, 0.3) is 0 Å². The van der Waals surface area contributed by atoms with Crippen LogP contribution in [0.5, 0.6) is 0 Å². The van der Waals surface area contributed by atoms with Gasteiger partial charge in [0.15, 0.2) is 0 Å². The second kappa shape index (κ2) is 6.07. The summed E-state index contributed by atoms with van der Waals surface area (Å²) in [6, 6.07) is 0.224. The zero-order valence-corrected chi connectivity index (χ0v) is 10.2. The summed E-state index contributed by atoms with van der Waals surface area (Å²) in [4.78, 5) is 1.75. The van der Waals surface area contributed by atoms with Crippen molar-refractivity contribution in [3.63, 3.8) is 0 Å². The van der Waals surface area contributed by atoms with Crippen LogP contribution in [-0.2, 0) is 0 Å². The van der Waals surface area contributed by atoms with Crippen molar-refractivity contribution in [2.75, 3.05) is 0 Å². The summed E-state index contributed by atoms with van der Waals surface area (Å²) in [6.45, 7) is 12.2. The van der Waals surface area contributed by atoms with Gasteiger partial charge in [-0.15, -0.1) is 0 Å². The lowest BCUT2D eigenvalue weighted by Gasteiger charge is -2.28. The van der Waals surface area contributed by atoms with Crippen LogP contribution in [0.15, 0.2) is 5.10 Å². The number of hydrogen-bond donors (Lipinski definition) is 1. The van der Waals surface area contributed by atoms with E-state index in [2.05, 4.69) is 18.9 Å². The van der Waals surface area contributed by atoms with Gasteiger partial charge in [-0.05, 0) is 25.6 Å². The molecule has 0 radical (unpaired) electrons. The van der Waals surface area contributed by atoms with E-state index in [0.717, 1.165) is 0 Å². The summed E-state index contributed by atoms with van der Waals surface area (Å²) in [5.74, 6) is 0.609. The molecule has 0 aliphatic heterocycles. The summed E-state index contributed by atoms with van der Waals surface area (Å²) in [5, 5.41) is 14.2. The number of nitrogens with zero attached hydrogens (tertiary/aromatic N) is 2. The van der Waals surface area contributed by atoms with Crippen LogP contribution in [0, 0.1) is 5.92 Å². The standard InChI is InChI=1S/C10H23BN2O/c1-8(2)7-12-13(10(5)6)11(14)9(3)4/h7-10,14H,1-6H3/b12-7-. The molecule has 0 saturated carbocycles. The van der Waals surface area contributed by atoms with Crippen molar-refractivity contribution in [1.29, 1.82) is 0 Å². The summed E-state index contributed by atoms with van der Waals surface area (Å²) in [6.07, 6.45) is 1.87. The third-order valence-electron chi connectivity index (χ3n) is 1.89. The van der Waals surface area contributed by atoms with E-state index in [1.54, 1.807) is 4.92 Å². The Kier molecular flexibility index (Phi) is 5.85. The van der Waals surface area contributed by atoms with Crippen LogP contribution in [0.4, 0.5) is 0 Å². The maximum atomic E-state index is 9.88. The molecule has 14 heavy (non-hydrogen) atoms. The van der Waals surface area contributed by atoms with E-state index in [1.807, 2.05) is 33.9 Å². The zero-order valence-electron chi connectivity index (χ0n) is 10.2. The second-order valence-electron chi connectivity index (χ2n) is 4.64. The predicted molar refractivity (Wildman–Crippen MR) is 63.4 cm³/mol. The molecule has 82 valence electrons.